The van der Waals surface area contributed by atoms with Crippen molar-refractivity contribution in [3.63, 3.8) is 0 Å². The second-order valence-corrected chi connectivity index (χ2v) is 27.2. The third kappa shape index (κ3) is 40.9. The summed E-state index contributed by atoms with van der Waals surface area (Å²) in [4.78, 5) is 76.7. The molecule has 0 saturated heterocycles. The highest BCUT2D eigenvalue weighted by Gasteiger charge is 2.33. The second kappa shape index (κ2) is 64.4. The largest absolute Gasteiger partial charge is 0.490 e. The number of aliphatic hydroxyl groups is 1. The first-order chi connectivity index (χ1) is 56.9. The number of rotatable bonds is 21. The van der Waals surface area contributed by atoms with Crippen LogP contribution < -0.4 is 70.6 Å². The summed E-state index contributed by atoms with van der Waals surface area (Å²) in [6, 6.07) is 41.1. The Labute approximate surface area is 752 Å². The molecule has 0 fully saturated rings. The summed E-state index contributed by atoms with van der Waals surface area (Å²) < 4.78 is 64.8. The molecule has 0 atom stereocenters. The van der Waals surface area contributed by atoms with E-state index >= 15 is 0 Å². The molecule has 4 aromatic heterocycles. The minimum absolute atomic E-state index is 0. The van der Waals surface area contributed by atoms with Gasteiger partial charge in [0.05, 0.1) is 65.5 Å². The van der Waals surface area contributed by atoms with Crippen molar-refractivity contribution in [2.45, 2.75) is 68.2 Å². The maximum atomic E-state index is 12.7. The number of H-pyrrole nitrogens is 1. The second-order valence-electron chi connectivity index (χ2n) is 22.8. The fraction of sp³-hybridized carbons (Fsp3) is 0.268. The van der Waals surface area contributed by atoms with Gasteiger partial charge in [-0.1, -0.05) is 134 Å². The average Bonchev–Trinajstić information content (AvgIpc) is 1.72. The van der Waals surface area contributed by atoms with Gasteiger partial charge in [0.1, 0.15) is 98.5 Å². The number of hydrogen-bond acceptors (Lipinski definition) is 25. The highest BCUT2D eigenvalue weighted by atomic mass is 36.0. The number of carbonyl (C=O) groups excluding carboxylic acids is 2. The van der Waals surface area contributed by atoms with Gasteiger partial charge in [-0.05, 0) is 127 Å². The summed E-state index contributed by atoms with van der Waals surface area (Å²) in [5.74, 6) is 3.96. The van der Waals surface area contributed by atoms with Crippen molar-refractivity contribution in [2.24, 2.45) is 0 Å². The highest BCUT2D eigenvalue weighted by Crippen LogP contribution is 2.39. The van der Waals surface area contributed by atoms with E-state index in [-0.39, 0.29) is 138 Å². The van der Waals surface area contributed by atoms with Crippen LogP contribution in [0.4, 0.5) is 54.5 Å². The number of anilines is 5. The number of fused-ring (bicyclic) bond motifs is 7. The van der Waals surface area contributed by atoms with E-state index in [0.717, 1.165) is 43.7 Å². The summed E-state index contributed by atoms with van der Waals surface area (Å²) in [7, 11) is 7.36. The van der Waals surface area contributed by atoms with Crippen LogP contribution in [0.1, 0.15) is 63.9 Å². The molecule has 0 aliphatic carbocycles. The fourth-order valence-corrected chi connectivity index (χ4v) is 10.1. The van der Waals surface area contributed by atoms with E-state index in [0.29, 0.717) is 91.6 Å². The van der Waals surface area contributed by atoms with Crippen LogP contribution in [0.15, 0.2) is 219 Å². The number of amides is 2. The Bertz CT molecular complexity index is 4830. The van der Waals surface area contributed by atoms with E-state index in [9.17, 15) is 34.6 Å². The molecular formula is C82H100BCl7FN12O19S. The van der Waals surface area contributed by atoms with Gasteiger partial charge in [-0.2, -0.15) is 15.0 Å². The lowest BCUT2D eigenvalue weighted by atomic mass is 10.2. The Balaban J connectivity index is 0. The molecule has 41 heteroatoms. The SMILES string of the molecule is C.C.C.C=CCOc1cccc(CCl)c1.C=CCOc1cccc(CN(C(=O)OCC)c2cc(OCC=C)nc(N)c2[N+](=O)[O-])c1.C=CCOc1cccc(CO)c1.CCOC(=O)N1Cc2cccc(c2)OC/C=C/COc2cc1c([N+](=O)[O-])c(N)n2.ClCCl.ClCCl.F.Nc1nc2cc3c1[nH]c(=O)n3Cc1cccc(c1)OC/C=C/CO2.O=S(Cl)Cl.[B]. The van der Waals surface area contributed by atoms with Crippen molar-refractivity contribution in [3.8, 4) is 46.4 Å². The summed E-state index contributed by atoms with van der Waals surface area (Å²) >= 11 is 24.7. The summed E-state index contributed by atoms with van der Waals surface area (Å²) in [5, 5.41) is 32.5. The number of hydrogen-bond donors (Lipinski definition) is 5. The highest BCUT2D eigenvalue weighted by molar-refractivity contribution is 8.26. The van der Waals surface area contributed by atoms with Gasteiger partial charge in [0, 0.05) is 53.9 Å². The number of halogens is 8. The molecule has 2 aliphatic heterocycles. The summed E-state index contributed by atoms with van der Waals surface area (Å²) in [5.41, 5.74) is 21.5. The maximum absolute atomic E-state index is 12.7. The molecule has 123 heavy (non-hydrogen) atoms. The zero-order chi connectivity index (χ0) is 86.7. The number of alkyl halides is 5. The fourth-order valence-electron chi connectivity index (χ4n) is 9.89. The van der Waals surface area contributed by atoms with E-state index in [4.69, 9.17) is 132 Å². The Morgan fingerprint density at radius 3 is 1.49 bits per heavy atom. The molecule has 2 amide bonds. The Morgan fingerprint density at radius 1 is 0.593 bits per heavy atom. The van der Waals surface area contributed by atoms with Crippen LogP contribution in [0.25, 0.3) is 11.0 Å². The number of pyridine rings is 3. The van der Waals surface area contributed by atoms with E-state index in [1.54, 1.807) is 103 Å². The zero-order valence-electron chi connectivity index (χ0n) is 64.9. The molecule has 8 N–H and O–H groups in total. The number of benzene rings is 5. The average molecular weight is 1870 g/mol. The predicted molar refractivity (Wildman–Crippen MR) is 493 cm³/mol. The standard InChI is InChI=1S/C21H24N4O6.C19H20N4O6.C17H16N4O3.C10H11ClO.C10H12O2.2CH2Cl2.3CH4.B.Cl2OS.FH/c1-4-10-30-16-9-7-8-15(12-16)14-24(21(26)29-6-3)17-13-18(31-11-5-2)23-20(22)19(17)25(27)28;1-2-27-19(24)22-12-13-6-5-7-14(10-13)28-8-3-4-9-29-16-11-15(22)17(23(25)26)18(20)21-16;18-16-15-13-9-14(19-16)24-7-2-1-6-23-12-5-3-4-11(8-12)10-21(13)17(22)20-15;2*1-2-6-12-10-5-3-4-9(7-10)8-11;2*2-1-3;;;;;1-4(2)3;/h4-5,7-9,12-13H,1-2,6,10-11,14H2,3H3,(H2,22,23);3-7,10-11H,2,8-9,12H2,1H3,(H2,20,21);1-5,8-9H,6-7,10H2,(H2,18,19)(H,20,22);2-5,7H,1,6,8H2;2-5,7,11H,1,6,8H2;2*1H2;3*1H4;;;1H/b;4-3+;2-1+;;;;;;;;;;. The van der Waals surface area contributed by atoms with E-state index in [1.807, 2.05) is 84.9 Å². The number of nitrogens with two attached hydrogens (primary N) is 3. The van der Waals surface area contributed by atoms with Crippen molar-refractivity contribution in [3.05, 3.63) is 273 Å². The van der Waals surface area contributed by atoms with Gasteiger partial charge in [0.25, 0.3) is 0 Å². The molecule has 2 aliphatic rings. The molecule has 6 heterocycles. The van der Waals surface area contributed by atoms with E-state index in [1.165, 1.54) is 18.2 Å². The first kappa shape index (κ1) is 114. The Morgan fingerprint density at radius 2 is 1.02 bits per heavy atom. The van der Waals surface area contributed by atoms with Gasteiger partial charge >= 0.3 is 29.3 Å². The Hall–Kier alpha value is -11.5. The Kier molecular flexibility index (Phi) is 59.4. The number of aliphatic hydroxyl groups excluding tert-OH is 1. The van der Waals surface area contributed by atoms with Gasteiger partial charge < -0.3 is 74.7 Å². The number of nitrogen functional groups attached to an aromatic ring is 3. The molecule has 0 unspecified atom stereocenters. The van der Waals surface area contributed by atoms with Gasteiger partial charge in [0.15, 0.2) is 5.82 Å². The van der Waals surface area contributed by atoms with Crippen LogP contribution in [0.2, 0.25) is 0 Å². The first-order valence-electron chi connectivity index (χ1n) is 34.9. The molecule has 9 aromatic rings. The van der Waals surface area contributed by atoms with E-state index < -0.39 is 42.6 Å². The van der Waals surface area contributed by atoms with Crippen LogP contribution in [0, 0.1) is 20.2 Å². The summed E-state index contributed by atoms with van der Waals surface area (Å²) in [6.07, 6.45) is 12.2. The number of nitro groups is 2. The number of aromatic nitrogens is 5. The van der Waals surface area contributed by atoms with Crippen LogP contribution >= 0.6 is 79.4 Å². The maximum Gasteiger partial charge on any atom is 0.414 e. The molecular weight excluding hydrogens is 1770 g/mol. The molecule has 3 radical (unpaired) electrons. The third-order valence-electron chi connectivity index (χ3n) is 14.6. The molecule has 11 rings (SSSR count). The lowest BCUT2D eigenvalue weighted by molar-refractivity contribution is -0.383. The molecule has 667 valence electrons. The van der Waals surface area contributed by atoms with Crippen molar-refractivity contribution < 1.29 is 80.8 Å². The van der Waals surface area contributed by atoms with Crippen molar-refractivity contribution >= 4 is 160 Å². The molecule has 8 bridgehead atoms. The van der Waals surface area contributed by atoms with Crippen LogP contribution in [-0.2, 0) is 50.8 Å². The minimum atomic E-state index is -1.67. The molecule has 5 aromatic carbocycles. The number of carbonyl (C=O) groups is 2. The quantitative estimate of drug-likeness (QED) is 0.0111. The molecule has 0 spiro atoms. The van der Waals surface area contributed by atoms with Crippen molar-refractivity contribution in [2.75, 3.05) is 104 Å². The lowest BCUT2D eigenvalue weighted by Gasteiger charge is -2.23. The van der Waals surface area contributed by atoms with Crippen LogP contribution in [0.5, 0.6) is 46.4 Å². The van der Waals surface area contributed by atoms with Crippen LogP contribution in [0.3, 0.4) is 0 Å². The van der Waals surface area contributed by atoms with Gasteiger partial charge in [-0.15, -0.1) is 58.0 Å². The smallest absolute Gasteiger partial charge is 0.414 e. The first-order valence-corrected chi connectivity index (χ1v) is 40.4. The number of aromatic amines is 1. The van der Waals surface area contributed by atoms with Gasteiger partial charge in [-0.25, -0.2) is 18.6 Å². The molecule has 31 nitrogen and oxygen atoms in total. The zero-order valence-corrected chi connectivity index (χ0v) is 71.0. The van der Waals surface area contributed by atoms with Crippen molar-refractivity contribution in [1.82, 2.24) is 24.5 Å². The normalized spacial score (nSPS) is 11.5. The predicted octanol–water partition coefficient (Wildman–Crippen LogP) is 18.9. The third-order valence-corrected chi connectivity index (χ3v) is 14.9. The number of imidazole rings is 1. The number of ether oxygens (including phenoxy) is 10. The monoisotopic (exact) mass is 1860 g/mol. The van der Waals surface area contributed by atoms with E-state index in [2.05, 4.69) is 67.6 Å². The lowest BCUT2D eigenvalue weighted by Crippen LogP contribution is -2.32. The summed E-state index contributed by atoms with van der Waals surface area (Å²) in [6.45, 7) is 20.8. The van der Waals surface area contributed by atoms with Gasteiger partial charge in [0.2, 0.25) is 38.5 Å². The van der Waals surface area contributed by atoms with Crippen molar-refractivity contribution in [1.29, 1.82) is 0 Å². The topological polar surface area (TPSA) is 411 Å². The minimum Gasteiger partial charge on any atom is -0.490 e. The number of nitrogens with zero attached hydrogens (tertiary/aromatic N) is 8. The molecule has 0 saturated carbocycles. The number of nitrogens with one attached hydrogen (secondary N) is 1. The van der Waals surface area contributed by atoms with Gasteiger partial charge in [-0.3, -0.25) is 39.3 Å². The van der Waals surface area contributed by atoms with Crippen LogP contribution in [-0.4, -0.2) is 141 Å².